The summed E-state index contributed by atoms with van der Waals surface area (Å²) in [6, 6.07) is 4.29. The molecule has 0 aliphatic heterocycles. The van der Waals surface area contributed by atoms with Gasteiger partial charge in [-0.15, -0.1) is 5.10 Å². The average molecular weight is 292 g/mol. The Kier molecular flexibility index (Phi) is 4.94. The number of hydrogen-bond donors (Lipinski definition) is 2. The highest BCUT2D eigenvalue weighted by atomic mass is 19.1. The van der Waals surface area contributed by atoms with Gasteiger partial charge in [-0.2, -0.15) is 4.68 Å². The van der Waals surface area contributed by atoms with Crippen molar-refractivity contribution in [3.8, 4) is 5.69 Å². The van der Waals surface area contributed by atoms with Crippen molar-refractivity contribution in [1.82, 2.24) is 25.5 Å². The number of nitrogens with one attached hydrogen (secondary N) is 2. The second-order valence-corrected chi connectivity index (χ2v) is 4.56. The molecule has 2 aromatic rings. The number of aryl methyl sites for hydroxylation is 1. The summed E-state index contributed by atoms with van der Waals surface area (Å²) in [7, 11) is 1.83. The lowest BCUT2D eigenvalue weighted by Gasteiger charge is -2.09. The highest BCUT2D eigenvalue weighted by Gasteiger charge is 2.11. The molecule has 0 spiro atoms. The highest BCUT2D eigenvalue weighted by Crippen LogP contribution is 2.19. The van der Waals surface area contributed by atoms with Crippen LogP contribution in [0.4, 0.5) is 10.1 Å². The van der Waals surface area contributed by atoms with Crippen LogP contribution in [0.25, 0.3) is 5.69 Å². The van der Waals surface area contributed by atoms with Crippen molar-refractivity contribution in [3.63, 3.8) is 0 Å². The summed E-state index contributed by atoms with van der Waals surface area (Å²) in [5, 5.41) is 16.6. The molecule has 1 aromatic carbocycles. The first-order chi connectivity index (χ1) is 10.1. The molecule has 0 bridgehead atoms. The number of carbonyl (C=O) groups is 1. The van der Waals surface area contributed by atoms with E-state index in [9.17, 15) is 9.18 Å². The van der Waals surface area contributed by atoms with Gasteiger partial charge >= 0.3 is 0 Å². The van der Waals surface area contributed by atoms with Gasteiger partial charge in [0.1, 0.15) is 11.5 Å². The quantitative estimate of drug-likeness (QED) is 0.777. The molecule has 2 N–H and O–H groups in total. The first-order valence-corrected chi connectivity index (χ1v) is 6.61. The Hall–Kier alpha value is -2.35. The third-order valence-electron chi connectivity index (χ3n) is 2.91. The maximum Gasteiger partial charge on any atom is 0.224 e. The molecule has 0 fully saturated rings. The van der Waals surface area contributed by atoms with Gasteiger partial charge in [0, 0.05) is 12.1 Å². The molecule has 0 unspecified atom stereocenters. The summed E-state index contributed by atoms with van der Waals surface area (Å²) >= 11 is 0. The molecule has 8 heteroatoms. The van der Waals surface area contributed by atoms with E-state index in [-0.39, 0.29) is 11.6 Å². The first kappa shape index (κ1) is 15.0. The number of tetrazole rings is 1. The van der Waals surface area contributed by atoms with Gasteiger partial charge in [0.15, 0.2) is 5.82 Å². The van der Waals surface area contributed by atoms with E-state index in [2.05, 4.69) is 26.2 Å². The number of benzene rings is 1. The summed E-state index contributed by atoms with van der Waals surface area (Å²) < 4.78 is 15.1. The fourth-order valence-electron chi connectivity index (χ4n) is 1.86. The number of halogens is 1. The molecule has 0 saturated carbocycles. The van der Waals surface area contributed by atoms with Gasteiger partial charge < -0.3 is 10.6 Å². The second kappa shape index (κ2) is 6.89. The fourth-order valence-corrected chi connectivity index (χ4v) is 1.86. The number of hydrogen-bond acceptors (Lipinski definition) is 5. The number of nitrogens with zero attached hydrogens (tertiary/aromatic N) is 4. The molecule has 0 radical (unpaired) electrons. The van der Waals surface area contributed by atoms with Crippen LogP contribution in [-0.2, 0) is 4.79 Å². The van der Waals surface area contributed by atoms with E-state index in [0.717, 1.165) is 13.0 Å². The van der Waals surface area contributed by atoms with Crippen LogP contribution in [-0.4, -0.2) is 39.7 Å². The van der Waals surface area contributed by atoms with E-state index in [1.54, 1.807) is 6.92 Å². The van der Waals surface area contributed by atoms with Crippen molar-refractivity contribution in [3.05, 3.63) is 29.8 Å². The molecule has 0 aliphatic rings. The molecular weight excluding hydrogens is 275 g/mol. The Labute approximate surface area is 121 Å². The van der Waals surface area contributed by atoms with Crippen LogP contribution in [0.2, 0.25) is 0 Å². The number of amides is 1. The van der Waals surface area contributed by atoms with Gasteiger partial charge in [-0.25, -0.2) is 4.39 Å². The predicted octanol–water partition coefficient (Wildman–Crippen LogP) is 1.05. The molecule has 2 rings (SSSR count). The zero-order valence-electron chi connectivity index (χ0n) is 11.9. The molecule has 21 heavy (non-hydrogen) atoms. The third kappa shape index (κ3) is 3.82. The Morgan fingerprint density at radius 3 is 2.90 bits per heavy atom. The van der Waals surface area contributed by atoms with Gasteiger partial charge in [0.05, 0.1) is 0 Å². The van der Waals surface area contributed by atoms with Crippen LogP contribution in [0.1, 0.15) is 18.7 Å². The van der Waals surface area contributed by atoms with Gasteiger partial charge in [-0.3, -0.25) is 4.79 Å². The van der Waals surface area contributed by atoms with E-state index >= 15 is 0 Å². The molecule has 112 valence electrons. The SMILES string of the molecule is CNCCCC(=O)Nc1ccc(F)c(-n2nnnc2C)c1. The highest BCUT2D eigenvalue weighted by molar-refractivity contribution is 5.90. The Bertz CT molecular complexity index is 627. The Balaban J connectivity index is 2.12. The summed E-state index contributed by atoms with van der Waals surface area (Å²) in [4.78, 5) is 11.8. The Morgan fingerprint density at radius 1 is 1.43 bits per heavy atom. The minimum Gasteiger partial charge on any atom is -0.326 e. The van der Waals surface area contributed by atoms with Crippen LogP contribution in [0, 0.1) is 12.7 Å². The van der Waals surface area contributed by atoms with Crippen molar-refractivity contribution in [2.24, 2.45) is 0 Å². The first-order valence-electron chi connectivity index (χ1n) is 6.61. The van der Waals surface area contributed by atoms with E-state index in [1.807, 2.05) is 7.05 Å². The smallest absolute Gasteiger partial charge is 0.224 e. The molecule has 7 nitrogen and oxygen atoms in total. The van der Waals surface area contributed by atoms with E-state index in [1.165, 1.54) is 22.9 Å². The zero-order chi connectivity index (χ0) is 15.2. The maximum absolute atomic E-state index is 13.9. The largest absolute Gasteiger partial charge is 0.326 e. The summed E-state index contributed by atoms with van der Waals surface area (Å²) in [6.07, 6.45) is 1.14. The summed E-state index contributed by atoms with van der Waals surface area (Å²) in [5.41, 5.74) is 0.710. The second-order valence-electron chi connectivity index (χ2n) is 4.56. The normalized spacial score (nSPS) is 10.6. The van der Waals surface area contributed by atoms with Crippen LogP contribution >= 0.6 is 0 Å². The molecule has 1 aromatic heterocycles. The van der Waals surface area contributed by atoms with Gasteiger partial charge in [-0.1, -0.05) is 0 Å². The minimum atomic E-state index is -0.460. The van der Waals surface area contributed by atoms with E-state index < -0.39 is 5.82 Å². The lowest BCUT2D eigenvalue weighted by atomic mass is 10.2. The molecule has 0 atom stereocenters. The monoisotopic (exact) mass is 292 g/mol. The number of carbonyl (C=O) groups excluding carboxylic acids is 1. The molecule has 1 heterocycles. The summed E-state index contributed by atoms with van der Waals surface area (Å²) in [6.45, 7) is 2.44. The minimum absolute atomic E-state index is 0.115. The summed E-state index contributed by atoms with van der Waals surface area (Å²) in [5.74, 6) is -0.110. The third-order valence-corrected chi connectivity index (χ3v) is 2.91. The predicted molar refractivity (Wildman–Crippen MR) is 75.6 cm³/mol. The average Bonchev–Trinajstić information content (AvgIpc) is 2.87. The molecule has 0 aliphatic carbocycles. The molecule has 1 amide bonds. The number of aromatic nitrogens is 4. The van der Waals surface area contributed by atoms with Crippen molar-refractivity contribution in [1.29, 1.82) is 0 Å². The van der Waals surface area contributed by atoms with E-state index in [0.29, 0.717) is 17.9 Å². The van der Waals surface area contributed by atoms with Crippen molar-refractivity contribution in [2.45, 2.75) is 19.8 Å². The van der Waals surface area contributed by atoms with Gasteiger partial charge in [-0.05, 0) is 55.6 Å². The fraction of sp³-hybridized carbons (Fsp3) is 0.385. The van der Waals surface area contributed by atoms with Crippen LogP contribution in [0.3, 0.4) is 0 Å². The lowest BCUT2D eigenvalue weighted by Crippen LogP contribution is -2.15. The number of anilines is 1. The standard InChI is InChI=1S/C13H17FN6O/c1-9-17-18-19-20(9)12-8-10(5-6-11(12)14)16-13(21)4-3-7-15-2/h5-6,8,15H,3-4,7H2,1-2H3,(H,16,21). The lowest BCUT2D eigenvalue weighted by molar-refractivity contribution is -0.116. The van der Waals surface area contributed by atoms with Gasteiger partial charge in [0.25, 0.3) is 0 Å². The van der Waals surface area contributed by atoms with Crippen molar-refractivity contribution in [2.75, 3.05) is 18.9 Å². The number of rotatable bonds is 6. The topological polar surface area (TPSA) is 84.7 Å². The van der Waals surface area contributed by atoms with Crippen molar-refractivity contribution >= 4 is 11.6 Å². The Morgan fingerprint density at radius 2 is 2.24 bits per heavy atom. The van der Waals surface area contributed by atoms with Crippen LogP contribution < -0.4 is 10.6 Å². The van der Waals surface area contributed by atoms with Crippen LogP contribution in [0.5, 0.6) is 0 Å². The molecule has 0 saturated heterocycles. The van der Waals surface area contributed by atoms with Crippen LogP contribution in [0.15, 0.2) is 18.2 Å². The van der Waals surface area contributed by atoms with Crippen molar-refractivity contribution < 1.29 is 9.18 Å². The molecular formula is C13H17FN6O. The van der Waals surface area contributed by atoms with E-state index in [4.69, 9.17) is 0 Å². The maximum atomic E-state index is 13.9. The van der Waals surface area contributed by atoms with Gasteiger partial charge in [0.2, 0.25) is 5.91 Å². The zero-order valence-corrected chi connectivity index (χ0v) is 11.9.